The molecule has 1 unspecified atom stereocenters. The number of hydrogen-bond donors (Lipinski definition) is 3. The molecule has 0 spiro atoms. The monoisotopic (exact) mass is 252 g/mol. The normalized spacial score (nSPS) is 15.5. The molecule has 1 saturated carbocycles. The second kappa shape index (κ2) is 7.59. The number of carboxylic acid groups (broad SMARTS) is 1. The van der Waals surface area contributed by atoms with Gasteiger partial charge in [-0.05, 0) is 31.6 Å². The zero-order valence-electron chi connectivity index (χ0n) is 10.4. The van der Waals surface area contributed by atoms with Crippen LogP contribution in [-0.2, 0) is 4.79 Å². The van der Waals surface area contributed by atoms with E-state index in [1.165, 1.54) is 0 Å². The maximum atomic E-state index is 11.5. The zero-order valence-corrected chi connectivity index (χ0v) is 10.4. The highest BCUT2D eigenvalue weighted by Crippen LogP contribution is 2.33. The summed E-state index contributed by atoms with van der Waals surface area (Å²) >= 11 is 0. The first-order valence-corrected chi connectivity index (χ1v) is 6.33. The summed E-state index contributed by atoms with van der Waals surface area (Å²) in [6.07, 6.45) is 9.55. The summed E-state index contributed by atoms with van der Waals surface area (Å²) in [7, 11) is 0. The Kier molecular flexibility index (Phi) is 6.06. The molecule has 1 aliphatic rings. The fraction of sp³-hybridized carbons (Fsp3) is 0.692. The summed E-state index contributed by atoms with van der Waals surface area (Å²) in [5.41, 5.74) is 0. The predicted molar refractivity (Wildman–Crippen MR) is 68.0 cm³/mol. The molecule has 0 heterocycles. The van der Waals surface area contributed by atoms with Gasteiger partial charge in [0.25, 0.3) is 0 Å². The van der Waals surface area contributed by atoms with E-state index in [4.69, 9.17) is 11.5 Å². The van der Waals surface area contributed by atoms with Crippen molar-refractivity contribution in [2.75, 3.05) is 6.54 Å². The third-order valence-electron chi connectivity index (χ3n) is 2.94. The van der Waals surface area contributed by atoms with Gasteiger partial charge in [-0.3, -0.25) is 4.79 Å². The average molecular weight is 252 g/mol. The lowest BCUT2D eigenvalue weighted by Crippen LogP contribution is -2.44. The topological polar surface area (TPSA) is 78.4 Å². The van der Waals surface area contributed by atoms with Crippen LogP contribution in [0.5, 0.6) is 0 Å². The van der Waals surface area contributed by atoms with Crippen molar-refractivity contribution in [2.45, 2.75) is 44.6 Å². The van der Waals surface area contributed by atoms with Crippen LogP contribution in [0.3, 0.4) is 0 Å². The molecule has 3 N–H and O–H groups in total. The van der Waals surface area contributed by atoms with Gasteiger partial charge in [-0.15, -0.1) is 12.3 Å². The number of urea groups is 1. The van der Waals surface area contributed by atoms with Crippen LogP contribution in [0.15, 0.2) is 0 Å². The van der Waals surface area contributed by atoms with Crippen molar-refractivity contribution in [3.63, 3.8) is 0 Å². The van der Waals surface area contributed by atoms with Crippen LogP contribution in [0.1, 0.15) is 38.5 Å². The van der Waals surface area contributed by atoms with Gasteiger partial charge in [0, 0.05) is 19.0 Å². The Morgan fingerprint density at radius 2 is 2.11 bits per heavy atom. The first kappa shape index (κ1) is 14.4. The van der Waals surface area contributed by atoms with Crippen molar-refractivity contribution in [1.29, 1.82) is 0 Å². The van der Waals surface area contributed by atoms with Gasteiger partial charge < -0.3 is 15.7 Å². The van der Waals surface area contributed by atoms with Crippen molar-refractivity contribution < 1.29 is 14.7 Å². The van der Waals surface area contributed by atoms with Gasteiger partial charge in [-0.25, -0.2) is 4.79 Å². The predicted octanol–water partition coefficient (Wildman–Crippen LogP) is 1.34. The van der Waals surface area contributed by atoms with Crippen LogP contribution in [0.2, 0.25) is 0 Å². The number of aliphatic carboxylic acids is 1. The fourth-order valence-electron chi connectivity index (χ4n) is 1.80. The lowest BCUT2D eigenvalue weighted by Gasteiger charge is -2.16. The van der Waals surface area contributed by atoms with Crippen LogP contribution < -0.4 is 10.6 Å². The van der Waals surface area contributed by atoms with Gasteiger partial charge in [0.15, 0.2) is 0 Å². The highest BCUT2D eigenvalue weighted by Gasteiger charge is 2.33. The van der Waals surface area contributed by atoms with E-state index in [0.717, 1.165) is 25.7 Å². The van der Waals surface area contributed by atoms with E-state index >= 15 is 0 Å². The molecule has 1 aliphatic carbocycles. The van der Waals surface area contributed by atoms with E-state index in [9.17, 15) is 9.59 Å². The minimum Gasteiger partial charge on any atom is -0.481 e. The minimum atomic E-state index is -0.874. The SMILES string of the molecule is C#CCCCCNC(=O)NC(CC(=O)O)C1CC1. The Bertz CT molecular complexity index is 332. The number of unbranched alkanes of at least 4 members (excludes halogenated alkanes) is 2. The van der Waals surface area contributed by atoms with Crippen LogP contribution >= 0.6 is 0 Å². The van der Waals surface area contributed by atoms with Gasteiger partial charge in [-0.1, -0.05) is 0 Å². The largest absolute Gasteiger partial charge is 0.481 e. The molecule has 100 valence electrons. The fourth-order valence-corrected chi connectivity index (χ4v) is 1.80. The standard InChI is InChI=1S/C13H20N2O3/c1-2-3-4-5-8-14-13(18)15-11(9-12(16)17)10-6-7-10/h1,10-11H,3-9H2,(H,16,17)(H2,14,15,18). The molecule has 0 radical (unpaired) electrons. The molecule has 0 aromatic carbocycles. The number of amides is 2. The minimum absolute atomic E-state index is 0.00478. The Morgan fingerprint density at radius 1 is 1.39 bits per heavy atom. The maximum Gasteiger partial charge on any atom is 0.315 e. The van der Waals surface area contributed by atoms with E-state index < -0.39 is 5.97 Å². The molecule has 0 aromatic heterocycles. The smallest absolute Gasteiger partial charge is 0.315 e. The molecule has 1 fully saturated rings. The van der Waals surface area contributed by atoms with E-state index in [0.29, 0.717) is 18.9 Å². The van der Waals surface area contributed by atoms with Gasteiger partial charge in [0.2, 0.25) is 0 Å². The summed E-state index contributed by atoms with van der Waals surface area (Å²) in [6.45, 7) is 0.567. The van der Waals surface area contributed by atoms with Crippen molar-refractivity contribution in [1.82, 2.24) is 10.6 Å². The van der Waals surface area contributed by atoms with Crippen LogP contribution in [0, 0.1) is 18.3 Å². The Hall–Kier alpha value is -1.70. The molecule has 1 rings (SSSR count). The van der Waals surface area contributed by atoms with Crippen molar-refractivity contribution in [3.05, 3.63) is 0 Å². The summed E-state index contributed by atoms with van der Waals surface area (Å²) in [4.78, 5) is 22.2. The third kappa shape index (κ3) is 6.14. The van der Waals surface area contributed by atoms with Gasteiger partial charge in [0.05, 0.1) is 6.42 Å². The third-order valence-corrected chi connectivity index (χ3v) is 2.94. The van der Waals surface area contributed by atoms with Crippen molar-refractivity contribution in [2.24, 2.45) is 5.92 Å². The van der Waals surface area contributed by atoms with Crippen molar-refractivity contribution >= 4 is 12.0 Å². The Balaban J connectivity index is 2.16. The molecule has 2 amide bonds. The molecule has 18 heavy (non-hydrogen) atoms. The van der Waals surface area contributed by atoms with Crippen LogP contribution in [0.4, 0.5) is 4.79 Å². The maximum absolute atomic E-state index is 11.5. The first-order valence-electron chi connectivity index (χ1n) is 6.33. The second-order valence-corrected chi connectivity index (χ2v) is 4.60. The lowest BCUT2D eigenvalue weighted by atomic mass is 10.1. The summed E-state index contributed by atoms with van der Waals surface area (Å²) in [5.74, 6) is 1.99. The molecule has 5 nitrogen and oxygen atoms in total. The second-order valence-electron chi connectivity index (χ2n) is 4.60. The average Bonchev–Trinajstić information content (AvgIpc) is 3.11. The molecular formula is C13H20N2O3. The highest BCUT2D eigenvalue weighted by molar-refractivity contribution is 5.75. The lowest BCUT2D eigenvalue weighted by molar-refractivity contribution is -0.137. The van der Waals surface area contributed by atoms with Gasteiger partial charge in [0.1, 0.15) is 0 Å². The molecule has 0 aromatic rings. The summed E-state index contributed by atoms with van der Waals surface area (Å²) < 4.78 is 0. The van der Waals surface area contributed by atoms with Gasteiger partial charge in [-0.2, -0.15) is 0 Å². The van der Waals surface area contributed by atoms with Crippen LogP contribution in [0.25, 0.3) is 0 Å². The number of rotatable bonds is 8. The highest BCUT2D eigenvalue weighted by atomic mass is 16.4. The number of carbonyl (C=O) groups excluding carboxylic acids is 1. The van der Waals surface area contributed by atoms with Crippen LogP contribution in [-0.4, -0.2) is 29.7 Å². The number of nitrogens with one attached hydrogen (secondary N) is 2. The zero-order chi connectivity index (χ0) is 13.4. The van der Waals surface area contributed by atoms with Crippen molar-refractivity contribution in [3.8, 4) is 12.3 Å². The van der Waals surface area contributed by atoms with E-state index in [2.05, 4.69) is 16.6 Å². The molecule has 0 aliphatic heterocycles. The summed E-state index contributed by atoms with van der Waals surface area (Å²) in [6, 6.07) is -0.526. The van der Waals surface area contributed by atoms with E-state index in [1.54, 1.807) is 0 Å². The Labute approximate surface area is 107 Å². The molecule has 1 atom stereocenters. The van der Waals surface area contributed by atoms with Gasteiger partial charge >= 0.3 is 12.0 Å². The molecular weight excluding hydrogens is 232 g/mol. The molecule has 0 bridgehead atoms. The summed E-state index contributed by atoms with van der Waals surface area (Å²) in [5, 5.41) is 14.2. The first-order chi connectivity index (χ1) is 8.63. The number of carbonyl (C=O) groups is 2. The Morgan fingerprint density at radius 3 is 2.67 bits per heavy atom. The number of carboxylic acids is 1. The quantitative estimate of drug-likeness (QED) is 0.450. The van der Waals surface area contributed by atoms with E-state index in [1.807, 2.05) is 0 Å². The molecule has 5 heteroatoms. The number of terminal acetylenes is 1. The molecule has 0 saturated heterocycles. The number of hydrogen-bond acceptors (Lipinski definition) is 2. The van der Waals surface area contributed by atoms with E-state index in [-0.39, 0.29) is 18.5 Å².